The van der Waals surface area contributed by atoms with Crippen LogP contribution >= 0.6 is 0 Å². The molecule has 1 fully saturated rings. The Balaban J connectivity index is 2.17. The molecule has 0 aliphatic carbocycles. The zero-order valence-electron chi connectivity index (χ0n) is 8.78. The minimum absolute atomic E-state index is 0.0837. The number of nitrogens with two attached hydrogens (primary N) is 1. The number of hydrogen-bond donors (Lipinski definition) is 3. The third kappa shape index (κ3) is 4.16. The van der Waals surface area contributed by atoms with Crippen LogP contribution in [0.2, 0.25) is 0 Å². The molecule has 1 saturated heterocycles. The Hall–Kier alpha value is -1.30. The van der Waals surface area contributed by atoms with Crippen molar-refractivity contribution in [2.75, 3.05) is 26.2 Å². The minimum Gasteiger partial charge on any atom is -0.409 e. The van der Waals surface area contributed by atoms with Crippen LogP contribution in [0.5, 0.6) is 0 Å². The fourth-order valence-electron chi connectivity index (χ4n) is 1.59. The topological polar surface area (TPSA) is 91.0 Å². The van der Waals surface area contributed by atoms with E-state index in [-0.39, 0.29) is 24.8 Å². The number of likely N-dealkylation sites (tertiary alicyclic amines) is 1. The summed E-state index contributed by atoms with van der Waals surface area (Å²) in [5.41, 5.74) is 5.25. The molecule has 1 heterocycles. The Kier molecular flexibility index (Phi) is 4.89. The third-order valence-electron chi connectivity index (χ3n) is 2.42. The van der Waals surface area contributed by atoms with Crippen LogP contribution < -0.4 is 11.1 Å². The summed E-state index contributed by atoms with van der Waals surface area (Å²) in [6.07, 6.45) is 3.39. The van der Waals surface area contributed by atoms with Crippen molar-refractivity contribution in [2.45, 2.75) is 19.3 Å². The Morgan fingerprint density at radius 1 is 1.33 bits per heavy atom. The monoisotopic (exact) mass is 214 g/mol. The Labute approximate surface area is 89.1 Å². The highest BCUT2D eigenvalue weighted by Gasteiger charge is 2.15. The van der Waals surface area contributed by atoms with Gasteiger partial charge in [0.1, 0.15) is 0 Å². The first-order chi connectivity index (χ1) is 7.24. The van der Waals surface area contributed by atoms with E-state index in [1.54, 1.807) is 0 Å². The number of carbonyl (C=O) groups is 1. The van der Waals surface area contributed by atoms with Crippen molar-refractivity contribution in [3.05, 3.63) is 0 Å². The van der Waals surface area contributed by atoms with Crippen molar-refractivity contribution in [3.63, 3.8) is 0 Å². The van der Waals surface area contributed by atoms with Gasteiger partial charge in [-0.15, -0.1) is 0 Å². The van der Waals surface area contributed by atoms with Crippen molar-refractivity contribution < 1.29 is 10.0 Å². The summed E-state index contributed by atoms with van der Waals surface area (Å²) in [5, 5.41) is 13.9. The van der Waals surface area contributed by atoms with Crippen LogP contribution in [0.4, 0.5) is 0 Å². The molecular weight excluding hydrogens is 196 g/mol. The van der Waals surface area contributed by atoms with Gasteiger partial charge in [-0.2, -0.15) is 0 Å². The predicted molar refractivity (Wildman–Crippen MR) is 56.7 cm³/mol. The van der Waals surface area contributed by atoms with Crippen molar-refractivity contribution >= 4 is 11.7 Å². The number of nitrogens with zero attached hydrogens (tertiary/aromatic N) is 2. The first-order valence-electron chi connectivity index (χ1n) is 5.19. The number of oxime groups is 1. The summed E-state index contributed by atoms with van der Waals surface area (Å²) < 4.78 is 0. The van der Waals surface area contributed by atoms with E-state index in [4.69, 9.17) is 10.9 Å². The highest BCUT2D eigenvalue weighted by Crippen LogP contribution is 2.07. The second kappa shape index (κ2) is 6.23. The Morgan fingerprint density at radius 2 is 2.00 bits per heavy atom. The molecule has 0 aromatic carbocycles. The molecule has 1 rings (SSSR count). The van der Waals surface area contributed by atoms with E-state index in [0.29, 0.717) is 0 Å². The lowest BCUT2D eigenvalue weighted by atomic mass is 10.1. The van der Waals surface area contributed by atoms with Crippen LogP contribution in [0.3, 0.4) is 0 Å². The van der Waals surface area contributed by atoms with Crippen LogP contribution in [-0.2, 0) is 4.79 Å². The molecule has 1 amide bonds. The standard InChI is InChI=1S/C9H18N4O2/c10-8(12-15)6-11-7-9(14)13-4-2-1-3-5-13/h11,15H,1-7H2,(H2,10,12). The van der Waals surface area contributed by atoms with Gasteiger partial charge in [0.25, 0.3) is 0 Å². The Morgan fingerprint density at radius 3 is 2.60 bits per heavy atom. The van der Waals surface area contributed by atoms with Crippen LogP contribution in [-0.4, -0.2) is 48.0 Å². The number of carbonyl (C=O) groups excluding carboxylic acids is 1. The fraction of sp³-hybridized carbons (Fsp3) is 0.778. The van der Waals surface area contributed by atoms with Crippen LogP contribution in [0.25, 0.3) is 0 Å². The van der Waals surface area contributed by atoms with Crippen molar-refractivity contribution in [1.29, 1.82) is 0 Å². The number of nitrogens with one attached hydrogen (secondary N) is 1. The zero-order valence-corrected chi connectivity index (χ0v) is 8.78. The molecule has 1 aliphatic heterocycles. The van der Waals surface area contributed by atoms with E-state index < -0.39 is 0 Å². The maximum absolute atomic E-state index is 11.6. The molecule has 0 spiro atoms. The van der Waals surface area contributed by atoms with Crippen LogP contribution in [0.1, 0.15) is 19.3 Å². The lowest BCUT2D eigenvalue weighted by Crippen LogP contribution is -2.42. The van der Waals surface area contributed by atoms with Gasteiger partial charge < -0.3 is 21.2 Å². The molecule has 1 aliphatic rings. The van der Waals surface area contributed by atoms with Gasteiger partial charge in [-0.1, -0.05) is 5.16 Å². The van der Waals surface area contributed by atoms with Crippen molar-refractivity contribution in [1.82, 2.24) is 10.2 Å². The fourth-order valence-corrected chi connectivity index (χ4v) is 1.59. The normalized spacial score (nSPS) is 17.9. The van der Waals surface area contributed by atoms with E-state index in [2.05, 4.69) is 10.5 Å². The molecule has 0 radical (unpaired) electrons. The lowest BCUT2D eigenvalue weighted by Gasteiger charge is -2.26. The molecule has 86 valence electrons. The predicted octanol–water partition coefficient (Wildman–Crippen LogP) is -0.665. The SMILES string of the molecule is NC(CNCC(=O)N1CCCCC1)=NO. The molecule has 6 nitrogen and oxygen atoms in total. The molecule has 4 N–H and O–H groups in total. The second-order valence-corrected chi connectivity index (χ2v) is 3.64. The van der Waals surface area contributed by atoms with E-state index in [9.17, 15) is 4.79 Å². The molecule has 0 aromatic rings. The maximum Gasteiger partial charge on any atom is 0.236 e. The zero-order chi connectivity index (χ0) is 11.1. The van der Waals surface area contributed by atoms with Gasteiger partial charge in [-0.25, -0.2) is 0 Å². The van der Waals surface area contributed by atoms with Gasteiger partial charge in [0.15, 0.2) is 5.84 Å². The maximum atomic E-state index is 11.6. The first kappa shape index (κ1) is 11.8. The van der Waals surface area contributed by atoms with Gasteiger partial charge in [0.05, 0.1) is 13.1 Å². The van der Waals surface area contributed by atoms with Crippen LogP contribution in [0.15, 0.2) is 5.16 Å². The summed E-state index contributed by atoms with van der Waals surface area (Å²) in [4.78, 5) is 13.4. The second-order valence-electron chi connectivity index (χ2n) is 3.64. The number of piperidine rings is 1. The van der Waals surface area contributed by atoms with Gasteiger partial charge in [-0.05, 0) is 19.3 Å². The highest BCUT2D eigenvalue weighted by atomic mass is 16.4. The average molecular weight is 214 g/mol. The molecule has 6 heteroatoms. The number of rotatable bonds is 4. The summed E-state index contributed by atoms with van der Waals surface area (Å²) in [6.45, 7) is 2.18. The largest absolute Gasteiger partial charge is 0.409 e. The smallest absolute Gasteiger partial charge is 0.236 e. The summed E-state index contributed by atoms with van der Waals surface area (Å²) in [6, 6.07) is 0. The molecule has 15 heavy (non-hydrogen) atoms. The first-order valence-corrected chi connectivity index (χ1v) is 5.19. The summed E-state index contributed by atoms with van der Waals surface area (Å²) in [7, 11) is 0. The summed E-state index contributed by atoms with van der Waals surface area (Å²) >= 11 is 0. The third-order valence-corrected chi connectivity index (χ3v) is 2.42. The van der Waals surface area contributed by atoms with Crippen molar-refractivity contribution in [3.8, 4) is 0 Å². The number of amides is 1. The number of hydrogen-bond acceptors (Lipinski definition) is 4. The minimum atomic E-state index is 0.0837. The Bertz CT molecular complexity index is 236. The molecule has 0 aromatic heterocycles. The average Bonchev–Trinajstić information content (AvgIpc) is 2.29. The van der Waals surface area contributed by atoms with Gasteiger partial charge in [0.2, 0.25) is 5.91 Å². The van der Waals surface area contributed by atoms with Gasteiger partial charge in [-0.3, -0.25) is 4.79 Å². The lowest BCUT2D eigenvalue weighted by molar-refractivity contribution is -0.131. The van der Waals surface area contributed by atoms with Gasteiger partial charge in [0, 0.05) is 13.1 Å². The molecular formula is C9H18N4O2. The van der Waals surface area contributed by atoms with E-state index in [0.717, 1.165) is 25.9 Å². The highest BCUT2D eigenvalue weighted by molar-refractivity contribution is 5.83. The molecule has 0 atom stereocenters. The van der Waals surface area contributed by atoms with Gasteiger partial charge >= 0.3 is 0 Å². The van der Waals surface area contributed by atoms with Crippen LogP contribution in [0, 0.1) is 0 Å². The van der Waals surface area contributed by atoms with E-state index in [1.807, 2.05) is 4.90 Å². The van der Waals surface area contributed by atoms with E-state index >= 15 is 0 Å². The van der Waals surface area contributed by atoms with E-state index in [1.165, 1.54) is 6.42 Å². The molecule has 0 unspecified atom stereocenters. The summed E-state index contributed by atoms with van der Waals surface area (Å²) in [5.74, 6) is 0.168. The molecule has 0 bridgehead atoms. The number of amidine groups is 1. The van der Waals surface area contributed by atoms with Crippen molar-refractivity contribution in [2.24, 2.45) is 10.9 Å². The quantitative estimate of drug-likeness (QED) is 0.251. The molecule has 0 saturated carbocycles.